The van der Waals surface area contributed by atoms with Gasteiger partial charge in [0.05, 0.1) is 0 Å². The molecule has 2 heterocycles. The van der Waals surface area contributed by atoms with E-state index in [1.165, 1.54) is 31.7 Å². The van der Waals surface area contributed by atoms with Crippen molar-refractivity contribution in [1.82, 2.24) is 4.90 Å². The molecule has 1 aromatic heterocycles. The van der Waals surface area contributed by atoms with Crippen molar-refractivity contribution < 1.29 is 9.59 Å². The Morgan fingerprint density at radius 2 is 1.55 bits per heavy atom. The van der Waals surface area contributed by atoms with E-state index in [-0.39, 0.29) is 11.6 Å². The third kappa shape index (κ3) is 2.81. The van der Waals surface area contributed by atoms with Gasteiger partial charge in [0.2, 0.25) is 0 Å². The molecule has 4 aromatic rings. The van der Waals surface area contributed by atoms with Gasteiger partial charge in [0.1, 0.15) is 0 Å². The molecule has 0 bridgehead atoms. The van der Waals surface area contributed by atoms with Gasteiger partial charge in [-0.15, -0.1) is 0 Å². The first-order chi connectivity index (χ1) is 16.2. The Morgan fingerprint density at radius 3 is 2.36 bits per heavy atom. The van der Waals surface area contributed by atoms with Crippen LogP contribution in [0.4, 0.5) is 0 Å². The predicted molar refractivity (Wildman–Crippen MR) is 132 cm³/mol. The molecule has 0 fully saturated rings. The van der Waals surface area contributed by atoms with E-state index in [0.29, 0.717) is 31.2 Å². The number of carbonyl (C=O) groups excluding carboxylic acids is 2. The van der Waals surface area contributed by atoms with Gasteiger partial charge in [-0.3, -0.25) is 0 Å². The first kappa shape index (κ1) is 19.0. The van der Waals surface area contributed by atoms with Gasteiger partial charge >= 0.3 is 197 Å². The Morgan fingerprint density at radius 1 is 0.788 bits per heavy atom. The minimum absolute atomic E-state index is 0.154. The Balaban J connectivity index is 1.12. The number of nitrogens with zero attached hydrogens (tertiary/aromatic N) is 1. The molecule has 0 atom stereocenters. The molecule has 0 spiro atoms. The monoisotopic (exact) mass is 493 g/mol. The zero-order chi connectivity index (χ0) is 22.1. The van der Waals surface area contributed by atoms with E-state index < -0.39 is 0 Å². The zero-order valence-corrected chi connectivity index (χ0v) is 19.5. The fourth-order valence-electron chi connectivity index (χ4n) is 5.29. The second-order valence-corrected chi connectivity index (χ2v) is 11.2. The van der Waals surface area contributed by atoms with Crippen LogP contribution in [-0.2, 0) is 13.1 Å². The fraction of sp³-hybridized carbons (Fsp3) is 0.103. The van der Waals surface area contributed by atoms with Crippen LogP contribution in [0.1, 0.15) is 37.1 Å². The number of ketones is 2. The second kappa shape index (κ2) is 7.02. The number of hydrogen-bond acceptors (Lipinski definition) is 3. The molecule has 158 valence electrons. The predicted octanol–water partition coefficient (Wildman–Crippen LogP) is 5.59. The maximum atomic E-state index is 12.7. The number of fused-ring (bicyclic) bond motifs is 6. The van der Waals surface area contributed by atoms with E-state index in [2.05, 4.69) is 53.5 Å². The number of carbonyl (C=O) groups is 2. The molecule has 3 nitrogen and oxygen atoms in total. The summed E-state index contributed by atoms with van der Waals surface area (Å²) in [6.07, 6.45) is 6.77. The van der Waals surface area contributed by atoms with Gasteiger partial charge in [0.15, 0.2) is 0 Å². The standard InChI is InChI=1S/C29H19NO2Se/c31-27-21-7-3-4-8-22(21)28(32)24(27)14-17-9-11-19(13-17)30-15-25-23-12-10-18-5-1-2-6-20(18)29(23)33-26(25)16-30/h1-12,14H,13,15-16H2. The molecule has 0 saturated carbocycles. The third-order valence-electron chi connectivity index (χ3n) is 6.97. The van der Waals surface area contributed by atoms with Gasteiger partial charge in [-0.25, -0.2) is 0 Å². The number of rotatable bonds is 2. The van der Waals surface area contributed by atoms with Crippen LogP contribution >= 0.6 is 0 Å². The van der Waals surface area contributed by atoms with Crippen molar-refractivity contribution in [2.45, 2.75) is 19.5 Å². The van der Waals surface area contributed by atoms with Crippen molar-refractivity contribution in [1.29, 1.82) is 0 Å². The van der Waals surface area contributed by atoms with Crippen LogP contribution in [0.25, 0.3) is 20.4 Å². The van der Waals surface area contributed by atoms with Crippen molar-refractivity contribution in [3.63, 3.8) is 0 Å². The van der Waals surface area contributed by atoms with Gasteiger partial charge in [-0.1, -0.05) is 0 Å². The summed E-state index contributed by atoms with van der Waals surface area (Å²) in [7, 11) is 0. The van der Waals surface area contributed by atoms with Crippen LogP contribution in [0.5, 0.6) is 0 Å². The average Bonchev–Trinajstić information content (AvgIpc) is 3.59. The topological polar surface area (TPSA) is 37.4 Å². The summed E-state index contributed by atoms with van der Waals surface area (Å²) < 4.78 is 3.12. The van der Waals surface area contributed by atoms with E-state index in [0.717, 1.165) is 25.1 Å². The normalized spacial score (nSPS) is 17.1. The molecule has 3 aromatic carbocycles. The average molecular weight is 492 g/mol. The summed E-state index contributed by atoms with van der Waals surface area (Å²) in [6, 6.07) is 20.3. The zero-order valence-electron chi connectivity index (χ0n) is 17.8. The number of allylic oxidation sites excluding steroid dienone is 5. The van der Waals surface area contributed by atoms with Crippen molar-refractivity contribution in [3.8, 4) is 0 Å². The number of Topliss-reactive ketones (excluding diaryl/α,β-unsaturated/α-hetero) is 2. The summed E-state index contributed by atoms with van der Waals surface area (Å²) in [6.45, 7) is 1.92. The molecule has 1 aliphatic heterocycles. The van der Waals surface area contributed by atoms with E-state index in [4.69, 9.17) is 0 Å². The first-order valence-corrected chi connectivity index (χ1v) is 12.9. The van der Waals surface area contributed by atoms with Gasteiger partial charge in [0.25, 0.3) is 0 Å². The van der Waals surface area contributed by atoms with Crippen molar-refractivity contribution in [2.75, 3.05) is 0 Å². The molecule has 33 heavy (non-hydrogen) atoms. The Kier molecular flexibility index (Phi) is 4.05. The van der Waals surface area contributed by atoms with Crippen molar-refractivity contribution >= 4 is 46.5 Å². The van der Waals surface area contributed by atoms with E-state index >= 15 is 0 Å². The molecule has 0 amide bonds. The summed E-state index contributed by atoms with van der Waals surface area (Å²) in [4.78, 5) is 27.9. The van der Waals surface area contributed by atoms with Crippen LogP contribution < -0.4 is 0 Å². The van der Waals surface area contributed by atoms with Gasteiger partial charge < -0.3 is 0 Å². The van der Waals surface area contributed by atoms with E-state index in [9.17, 15) is 9.59 Å². The van der Waals surface area contributed by atoms with Crippen LogP contribution in [0.2, 0.25) is 0 Å². The van der Waals surface area contributed by atoms with Crippen LogP contribution in [0, 0.1) is 0 Å². The second-order valence-electron chi connectivity index (χ2n) is 8.86. The van der Waals surface area contributed by atoms with Crippen LogP contribution in [0.15, 0.2) is 95.7 Å². The summed E-state index contributed by atoms with van der Waals surface area (Å²) in [5.74, 6) is -0.309. The number of benzene rings is 3. The SMILES string of the molecule is O=C1C(=CC2=CC=C(N3Cc4[se]c5c(ccc6ccccc65)c4C3)C2)C(=O)c2ccccc21. The van der Waals surface area contributed by atoms with Crippen molar-refractivity contribution in [2.24, 2.45) is 0 Å². The molecule has 4 heteroatoms. The van der Waals surface area contributed by atoms with Crippen LogP contribution in [0.3, 0.4) is 0 Å². The number of hydrogen-bond donors (Lipinski definition) is 0. The summed E-state index contributed by atoms with van der Waals surface area (Å²) in [5.41, 5.74) is 5.13. The van der Waals surface area contributed by atoms with Gasteiger partial charge in [-0.05, 0) is 0 Å². The van der Waals surface area contributed by atoms with Gasteiger partial charge in [-0.2, -0.15) is 0 Å². The summed E-state index contributed by atoms with van der Waals surface area (Å²) >= 11 is 0.367. The molecule has 2 aliphatic carbocycles. The first-order valence-electron chi connectivity index (χ1n) is 11.1. The Bertz CT molecular complexity index is 1600. The minimum atomic E-state index is -0.154. The van der Waals surface area contributed by atoms with E-state index in [1.807, 2.05) is 12.1 Å². The molecule has 0 N–H and O–H groups in total. The molecule has 0 saturated heterocycles. The van der Waals surface area contributed by atoms with E-state index in [1.54, 1.807) is 22.6 Å². The van der Waals surface area contributed by atoms with Crippen LogP contribution in [-0.4, -0.2) is 31.0 Å². The molecular weight excluding hydrogens is 473 g/mol. The fourth-order valence-corrected chi connectivity index (χ4v) is 8.14. The van der Waals surface area contributed by atoms with Crippen molar-refractivity contribution in [3.05, 3.63) is 117 Å². The third-order valence-corrected chi connectivity index (χ3v) is 9.62. The molecule has 0 unspecified atom stereocenters. The van der Waals surface area contributed by atoms with Gasteiger partial charge in [0, 0.05) is 0 Å². The molecule has 7 rings (SSSR count). The quantitative estimate of drug-likeness (QED) is 0.208. The Labute approximate surface area is 197 Å². The molecule has 0 radical (unpaired) electrons. The molecule has 3 aliphatic rings. The Hall–Kier alpha value is -3.46. The maximum absolute atomic E-state index is 12.7. The molecular formula is C29H19NO2Se. The summed E-state index contributed by atoms with van der Waals surface area (Å²) in [5, 5.41) is 4.16.